The number of benzene rings is 1. The molecule has 0 radical (unpaired) electrons. The molecule has 2 N–H and O–H groups in total. The number of carbonyl (C=O) groups excluding carboxylic acids is 2. The molecule has 0 spiro atoms. The molecule has 0 saturated carbocycles. The summed E-state index contributed by atoms with van der Waals surface area (Å²) in [5.41, 5.74) is 2.89. The normalized spacial score (nSPS) is 11.8. The molecule has 2 amide bonds. The summed E-state index contributed by atoms with van der Waals surface area (Å²) in [5.74, 6) is -0.0279. The molecule has 156 valence electrons. The van der Waals surface area contributed by atoms with Crippen LogP contribution in [0.5, 0.6) is 0 Å². The Balaban J connectivity index is 1.47. The van der Waals surface area contributed by atoms with Crippen molar-refractivity contribution in [3.05, 3.63) is 95.8 Å². The summed E-state index contributed by atoms with van der Waals surface area (Å²) in [6, 6.07) is 13.6. The molecule has 0 fully saturated rings. The van der Waals surface area contributed by atoms with Gasteiger partial charge in [-0.1, -0.05) is 24.3 Å². The lowest BCUT2D eigenvalue weighted by Crippen LogP contribution is -2.47. The number of carbonyl (C=O) groups is 2. The van der Waals surface area contributed by atoms with Gasteiger partial charge in [-0.05, 0) is 36.8 Å². The number of fused-ring (bicyclic) bond motifs is 1. The summed E-state index contributed by atoms with van der Waals surface area (Å²) >= 11 is 0. The fourth-order valence-corrected chi connectivity index (χ4v) is 3.19. The summed E-state index contributed by atoms with van der Waals surface area (Å²) in [7, 11) is 0. The van der Waals surface area contributed by atoms with Gasteiger partial charge in [-0.15, -0.1) is 0 Å². The molecule has 1 aromatic carbocycles. The predicted octanol–water partition coefficient (Wildman–Crippen LogP) is 2.09. The highest BCUT2D eigenvalue weighted by Crippen LogP contribution is 2.07. The number of aryl methyl sites for hydroxylation is 1. The van der Waals surface area contributed by atoms with E-state index < -0.39 is 6.04 Å². The van der Waals surface area contributed by atoms with E-state index >= 15 is 0 Å². The summed E-state index contributed by atoms with van der Waals surface area (Å²) in [5, 5.41) is 5.71. The molecule has 1 unspecified atom stereocenters. The smallest absolute Gasteiger partial charge is 0.251 e. The summed E-state index contributed by atoms with van der Waals surface area (Å²) in [6.45, 7) is 2.13. The standard InChI is InChI=1S/C23H22N6O2/c1-16-9-11-29-15-19(27-23(29)26-16)14-25-22(31)20(12-17-6-5-10-24-13-17)28-21(30)18-7-3-2-4-8-18/h2-11,13,15,20H,12,14H2,1H3,(H,25,31)(H,28,30). The van der Waals surface area contributed by atoms with Gasteiger partial charge in [-0.3, -0.25) is 19.0 Å². The molecular weight excluding hydrogens is 392 g/mol. The number of aromatic nitrogens is 4. The Labute approximate surface area is 179 Å². The van der Waals surface area contributed by atoms with Crippen LogP contribution in [-0.2, 0) is 17.8 Å². The van der Waals surface area contributed by atoms with Gasteiger partial charge in [0.1, 0.15) is 6.04 Å². The maximum absolute atomic E-state index is 13.0. The molecule has 1 atom stereocenters. The lowest BCUT2D eigenvalue weighted by Gasteiger charge is -2.18. The van der Waals surface area contributed by atoms with Crippen molar-refractivity contribution in [1.29, 1.82) is 0 Å². The second kappa shape index (κ2) is 9.17. The molecule has 0 aliphatic heterocycles. The Morgan fingerprint density at radius 3 is 2.68 bits per heavy atom. The molecule has 8 nitrogen and oxygen atoms in total. The Morgan fingerprint density at radius 2 is 1.90 bits per heavy atom. The van der Waals surface area contributed by atoms with E-state index in [1.165, 1.54) is 0 Å². The number of nitrogens with zero attached hydrogens (tertiary/aromatic N) is 4. The largest absolute Gasteiger partial charge is 0.349 e. The second-order valence-corrected chi connectivity index (χ2v) is 7.18. The first-order valence-corrected chi connectivity index (χ1v) is 9.92. The zero-order valence-electron chi connectivity index (χ0n) is 17.0. The monoisotopic (exact) mass is 414 g/mol. The third-order valence-electron chi connectivity index (χ3n) is 4.78. The van der Waals surface area contributed by atoms with Crippen LogP contribution in [0.4, 0.5) is 0 Å². The van der Waals surface area contributed by atoms with Crippen molar-refractivity contribution < 1.29 is 9.59 Å². The van der Waals surface area contributed by atoms with Gasteiger partial charge in [0.25, 0.3) is 5.91 Å². The van der Waals surface area contributed by atoms with Crippen LogP contribution in [0.1, 0.15) is 27.3 Å². The second-order valence-electron chi connectivity index (χ2n) is 7.18. The van der Waals surface area contributed by atoms with Crippen LogP contribution < -0.4 is 10.6 Å². The highest BCUT2D eigenvalue weighted by Gasteiger charge is 2.22. The maximum Gasteiger partial charge on any atom is 0.251 e. The van der Waals surface area contributed by atoms with Crippen molar-refractivity contribution in [2.45, 2.75) is 25.9 Å². The summed E-state index contributed by atoms with van der Waals surface area (Å²) < 4.78 is 1.80. The van der Waals surface area contributed by atoms with E-state index in [4.69, 9.17) is 0 Å². The molecule has 4 aromatic rings. The number of nitrogens with one attached hydrogen (secondary N) is 2. The third-order valence-corrected chi connectivity index (χ3v) is 4.78. The number of hydrogen-bond acceptors (Lipinski definition) is 5. The van der Waals surface area contributed by atoms with E-state index in [1.54, 1.807) is 47.1 Å². The van der Waals surface area contributed by atoms with Gasteiger partial charge in [0.15, 0.2) is 0 Å². The zero-order valence-corrected chi connectivity index (χ0v) is 17.0. The van der Waals surface area contributed by atoms with Crippen molar-refractivity contribution >= 4 is 17.6 Å². The lowest BCUT2D eigenvalue weighted by molar-refractivity contribution is -0.123. The first-order valence-electron chi connectivity index (χ1n) is 9.92. The molecular formula is C23H22N6O2. The molecule has 0 bridgehead atoms. The van der Waals surface area contributed by atoms with Crippen LogP contribution >= 0.6 is 0 Å². The number of hydrogen-bond donors (Lipinski definition) is 2. The van der Waals surface area contributed by atoms with Crippen LogP contribution in [0.15, 0.2) is 73.3 Å². The quantitative estimate of drug-likeness (QED) is 0.482. The molecule has 3 aromatic heterocycles. The van der Waals surface area contributed by atoms with Gasteiger partial charge < -0.3 is 10.6 Å². The van der Waals surface area contributed by atoms with Crippen LogP contribution in [-0.4, -0.2) is 37.2 Å². The number of rotatable bonds is 7. The molecule has 0 aliphatic carbocycles. The highest BCUT2D eigenvalue weighted by molar-refractivity contribution is 5.97. The van der Waals surface area contributed by atoms with Crippen molar-refractivity contribution in [3.63, 3.8) is 0 Å². The Morgan fingerprint density at radius 1 is 1.06 bits per heavy atom. The topological polar surface area (TPSA) is 101 Å². The SMILES string of the molecule is Cc1ccn2cc(CNC(=O)C(Cc3cccnc3)NC(=O)c3ccccc3)nc2n1. The molecule has 0 saturated heterocycles. The van der Waals surface area contributed by atoms with Gasteiger partial charge >= 0.3 is 0 Å². The van der Waals surface area contributed by atoms with Gasteiger partial charge in [-0.2, -0.15) is 0 Å². The molecule has 4 rings (SSSR count). The highest BCUT2D eigenvalue weighted by atomic mass is 16.2. The number of amides is 2. The van der Waals surface area contributed by atoms with E-state index in [-0.39, 0.29) is 18.4 Å². The van der Waals surface area contributed by atoms with Crippen LogP contribution in [0.3, 0.4) is 0 Å². The summed E-state index contributed by atoms with van der Waals surface area (Å²) in [4.78, 5) is 38.5. The molecule has 0 aliphatic rings. The van der Waals surface area contributed by atoms with E-state index in [0.29, 0.717) is 23.5 Å². The molecule has 3 heterocycles. The van der Waals surface area contributed by atoms with Crippen LogP contribution in [0.25, 0.3) is 5.78 Å². The van der Waals surface area contributed by atoms with Gasteiger partial charge in [0.2, 0.25) is 11.7 Å². The maximum atomic E-state index is 13.0. The average Bonchev–Trinajstić information content (AvgIpc) is 3.20. The fourth-order valence-electron chi connectivity index (χ4n) is 3.19. The Hall–Kier alpha value is -4.07. The Kier molecular flexibility index (Phi) is 5.98. The van der Waals surface area contributed by atoms with Crippen molar-refractivity contribution in [3.8, 4) is 0 Å². The zero-order chi connectivity index (χ0) is 21.6. The summed E-state index contributed by atoms with van der Waals surface area (Å²) in [6.07, 6.45) is 7.37. The number of pyridine rings is 1. The van der Waals surface area contributed by atoms with E-state index in [9.17, 15) is 9.59 Å². The van der Waals surface area contributed by atoms with Crippen molar-refractivity contribution in [2.75, 3.05) is 0 Å². The van der Waals surface area contributed by atoms with E-state index in [0.717, 1.165) is 11.3 Å². The minimum absolute atomic E-state index is 0.228. The predicted molar refractivity (Wildman–Crippen MR) is 115 cm³/mol. The van der Waals surface area contributed by atoms with Gasteiger partial charge in [-0.25, -0.2) is 9.97 Å². The van der Waals surface area contributed by atoms with E-state index in [2.05, 4.69) is 25.6 Å². The van der Waals surface area contributed by atoms with Crippen molar-refractivity contribution in [2.24, 2.45) is 0 Å². The minimum Gasteiger partial charge on any atom is -0.349 e. The molecule has 8 heteroatoms. The van der Waals surface area contributed by atoms with Crippen LogP contribution in [0, 0.1) is 6.92 Å². The third kappa shape index (κ3) is 5.11. The van der Waals surface area contributed by atoms with Gasteiger partial charge in [0, 0.05) is 42.5 Å². The van der Waals surface area contributed by atoms with Gasteiger partial charge in [0.05, 0.1) is 12.2 Å². The van der Waals surface area contributed by atoms with E-state index in [1.807, 2.05) is 37.5 Å². The first-order chi connectivity index (χ1) is 15.1. The lowest BCUT2D eigenvalue weighted by atomic mass is 10.1. The number of imidazole rings is 1. The Bertz CT molecular complexity index is 1190. The molecule has 31 heavy (non-hydrogen) atoms. The van der Waals surface area contributed by atoms with Crippen molar-refractivity contribution in [1.82, 2.24) is 30.0 Å². The average molecular weight is 414 g/mol. The van der Waals surface area contributed by atoms with Crippen LogP contribution in [0.2, 0.25) is 0 Å². The first kappa shape index (κ1) is 20.2. The minimum atomic E-state index is -0.755. The fraction of sp³-hybridized carbons (Fsp3) is 0.174.